The molecule has 0 aromatic carbocycles. The standard InChI is InChI=1S/C10H11Cl4NO3S/c1-6(2)5-3-4-7(6)9(8(5,11)12)15(18-9)19(16,17)10(7,13)14/h5H,3-4H2,1-2H3/t5-,7-,9+,15?/m0/s1. The second kappa shape index (κ2) is 2.92. The van der Waals surface area contributed by atoms with Gasteiger partial charge in [0.25, 0.3) is 10.0 Å². The number of hydrogen-bond donors (Lipinski definition) is 0. The van der Waals surface area contributed by atoms with Gasteiger partial charge in [-0.2, -0.15) is 0 Å². The van der Waals surface area contributed by atoms with Gasteiger partial charge in [0, 0.05) is 5.92 Å². The highest BCUT2D eigenvalue weighted by Crippen LogP contribution is 2.90. The molecule has 9 heteroatoms. The Morgan fingerprint density at radius 3 is 2.32 bits per heavy atom. The molecule has 4 atom stereocenters. The molecule has 2 aliphatic carbocycles. The quantitative estimate of drug-likeness (QED) is 0.489. The van der Waals surface area contributed by atoms with Crippen molar-refractivity contribution in [3.8, 4) is 0 Å². The summed E-state index contributed by atoms with van der Waals surface area (Å²) in [6.07, 6.45) is 1.20. The van der Waals surface area contributed by atoms with Crippen LogP contribution in [0.1, 0.15) is 26.7 Å². The zero-order valence-corrected chi connectivity index (χ0v) is 13.9. The summed E-state index contributed by atoms with van der Waals surface area (Å²) in [5, 5.41) is 0. The smallest absolute Gasteiger partial charge is 0.251 e. The Labute approximate surface area is 131 Å². The van der Waals surface area contributed by atoms with Crippen molar-refractivity contribution in [3.05, 3.63) is 0 Å². The van der Waals surface area contributed by atoms with E-state index in [1.807, 2.05) is 13.8 Å². The van der Waals surface area contributed by atoms with Crippen LogP contribution in [0.4, 0.5) is 0 Å². The topological polar surface area (TPSA) is 49.7 Å². The van der Waals surface area contributed by atoms with Crippen LogP contribution in [0.25, 0.3) is 0 Å². The molecule has 0 aromatic rings. The summed E-state index contributed by atoms with van der Waals surface area (Å²) >= 11 is 25.6. The summed E-state index contributed by atoms with van der Waals surface area (Å²) in [5.41, 5.74) is -2.89. The lowest BCUT2D eigenvalue weighted by molar-refractivity contribution is 0.0504. The fourth-order valence-electron chi connectivity index (χ4n) is 4.88. The number of nitrogens with zero attached hydrogens (tertiary/aromatic N) is 1. The Balaban J connectivity index is 2.13. The molecule has 2 spiro atoms. The van der Waals surface area contributed by atoms with Gasteiger partial charge in [-0.1, -0.05) is 60.3 Å². The number of rotatable bonds is 0. The maximum absolute atomic E-state index is 12.4. The maximum Gasteiger partial charge on any atom is 0.273 e. The van der Waals surface area contributed by atoms with Gasteiger partial charge in [-0.05, 0) is 22.7 Å². The van der Waals surface area contributed by atoms with Crippen molar-refractivity contribution in [2.45, 2.75) is 40.4 Å². The van der Waals surface area contributed by atoms with E-state index in [-0.39, 0.29) is 5.92 Å². The molecule has 19 heavy (non-hydrogen) atoms. The minimum atomic E-state index is -4.01. The van der Waals surface area contributed by atoms with Crippen molar-refractivity contribution in [2.24, 2.45) is 16.7 Å². The fraction of sp³-hybridized carbons (Fsp3) is 1.00. The van der Waals surface area contributed by atoms with Crippen molar-refractivity contribution in [1.82, 2.24) is 4.47 Å². The molecule has 0 N–H and O–H groups in total. The van der Waals surface area contributed by atoms with Gasteiger partial charge in [-0.25, -0.2) is 8.42 Å². The average Bonchev–Trinajstić information content (AvgIpc) is 2.87. The second-order valence-corrected chi connectivity index (χ2v) is 11.4. The van der Waals surface area contributed by atoms with Crippen molar-refractivity contribution < 1.29 is 13.3 Å². The SMILES string of the molecule is CC1(C)[C@@H]2CC[C@]13C(Cl)(Cl)S(=O)(=O)N1O[C@]13C2(Cl)Cl. The highest BCUT2D eigenvalue weighted by Gasteiger charge is 3.03. The molecule has 4 rings (SSSR count). The zero-order chi connectivity index (χ0) is 14.3. The number of fused-ring (bicyclic) bond motifs is 1. The lowest BCUT2D eigenvalue weighted by atomic mass is 9.68. The van der Waals surface area contributed by atoms with E-state index in [4.69, 9.17) is 51.2 Å². The summed E-state index contributed by atoms with van der Waals surface area (Å²) in [5.74, 6) is -0.124. The first-order valence-corrected chi connectivity index (χ1v) is 8.88. The molecule has 2 bridgehead atoms. The van der Waals surface area contributed by atoms with Crippen LogP contribution < -0.4 is 0 Å². The molecule has 4 fully saturated rings. The normalized spacial score (nSPS) is 56.7. The molecule has 2 aliphatic heterocycles. The predicted molar refractivity (Wildman–Crippen MR) is 72.4 cm³/mol. The number of halogens is 4. The first-order chi connectivity index (χ1) is 8.43. The zero-order valence-electron chi connectivity index (χ0n) is 10.1. The van der Waals surface area contributed by atoms with E-state index in [2.05, 4.69) is 0 Å². The number of hydrogen-bond acceptors (Lipinski definition) is 3. The van der Waals surface area contributed by atoms with E-state index in [0.717, 1.165) is 4.47 Å². The summed E-state index contributed by atoms with van der Waals surface area (Å²) in [4.78, 5) is 5.40. The summed E-state index contributed by atoms with van der Waals surface area (Å²) in [6.45, 7) is 3.83. The Bertz CT molecular complexity index is 618. The van der Waals surface area contributed by atoms with E-state index in [9.17, 15) is 8.42 Å². The average molecular weight is 367 g/mol. The molecule has 2 heterocycles. The Morgan fingerprint density at radius 2 is 1.79 bits per heavy atom. The fourth-order valence-corrected chi connectivity index (χ4v) is 9.59. The minimum Gasteiger partial charge on any atom is -0.251 e. The van der Waals surface area contributed by atoms with E-state index in [1.165, 1.54) is 0 Å². The third-order valence-electron chi connectivity index (χ3n) is 5.73. The first kappa shape index (κ1) is 13.7. The maximum atomic E-state index is 12.4. The van der Waals surface area contributed by atoms with E-state index < -0.39 is 34.6 Å². The lowest BCUT2D eigenvalue weighted by Gasteiger charge is -2.43. The third kappa shape index (κ3) is 0.884. The van der Waals surface area contributed by atoms with Crippen LogP contribution in [0.15, 0.2) is 0 Å². The van der Waals surface area contributed by atoms with Gasteiger partial charge in [-0.3, -0.25) is 4.84 Å². The lowest BCUT2D eigenvalue weighted by Crippen LogP contribution is -2.54. The Hall–Kier alpha value is 1.03. The van der Waals surface area contributed by atoms with E-state index >= 15 is 0 Å². The minimum absolute atomic E-state index is 0.124. The van der Waals surface area contributed by atoms with Crippen LogP contribution in [0, 0.1) is 16.7 Å². The van der Waals surface area contributed by atoms with Gasteiger partial charge in [-0.15, -0.1) is 0 Å². The molecular weight excluding hydrogens is 356 g/mol. The highest BCUT2D eigenvalue weighted by atomic mass is 35.5. The number of hydroxylamine groups is 1. The Morgan fingerprint density at radius 1 is 1.21 bits per heavy atom. The van der Waals surface area contributed by atoms with E-state index in [1.54, 1.807) is 0 Å². The van der Waals surface area contributed by atoms with Crippen LogP contribution in [0.3, 0.4) is 0 Å². The van der Waals surface area contributed by atoms with Gasteiger partial charge in [0.2, 0.25) is 9.39 Å². The predicted octanol–water partition coefficient (Wildman–Crippen LogP) is 3.01. The monoisotopic (exact) mass is 365 g/mol. The molecule has 0 radical (unpaired) electrons. The second-order valence-electron chi connectivity index (χ2n) is 6.33. The molecule has 1 unspecified atom stereocenters. The van der Waals surface area contributed by atoms with Gasteiger partial charge >= 0.3 is 0 Å². The van der Waals surface area contributed by atoms with Crippen LogP contribution in [-0.2, 0) is 14.9 Å². The summed E-state index contributed by atoms with van der Waals surface area (Å²) < 4.78 is 22.4. The molecule has 2 saturated carbocycles. The largest absolute Gasteiger partial charge is 0.273 e. The molecule has 0 aromatic heterocycles. The van der Waals surface area contributed by atoms with Crippen LogP contribution in [-0.4, -0.2) is 26.6 Å². The van der Waals surface area contributed by atoms with Crippen molar-refractivity contribution in [3.63, 3.8) is 0 Å². The van der Waals surface area contributed by atoms with Crippen molar-refractivity contribution in [2.75, 3.05) is 0 Å². The van der Waals surface area contributed by atoms with Crippen molar-refractivity contribution in [1.29, 1.82) is 0 Å². The first-order valence-electron chi connectivity index (χ1n) is 5.93. The van der Waals surface area contributed by atoms with Gasteiger partial charge in [0.1, 0.15) is 0 Å². The molecule has 4 aliphatic rings. The number of alkyl halides is 4. The molecule has 4 nitrogen and oxygen atoms in total. The third-order valence-corrected chi connectivity index (χ3v) is 10.3. The molecule has 108 valence electrons. The summed E-state index contributed by atoms with van der Waals surface area (Å²) in [6, 6.07) is 0. The number of sulfonamides is 1. The van der Waals surface area contributed by atoms with Gasteiger partial charge < -0.3 is 0 Å². The summed E-state index contributed by atoms with van der Waals surface area (Å²) in [7, 11) is -4.01. The van der Waals surface area contributed by atoms with Gasteiger partial charge in [0.15, 0.2) is 4.33 Å². The Kier molecular flexibility index (Phi) is 2.10. The van der Waals surface area contributed by atoms with Crippen LogP contribution in [0.2, 0.25) is 0 Å². The molecule has 2 saturated heterocycles. The van der Waals surface area contributed by atoms with Crippen molar-refractivity contribution >= 4 is 56.4 Å². The van der Waals surface area contributed by atoms with Gasteiger partial charge in [0.05, 0.1) is 5.41 Å². The molecule has 0 amide bonds. The highest BCUT2D eigenvalue weighted by molar-refractivity contribution is 7.93. The van der Waals surface area contributed by atoms with Crippen LogP contribution >= 0.6 is 46.4 Å². The molecular formula is C10H11Cl4NO3S. The van der Waals surface area contributed by atoms with Crippen LogP contribution in [0.5, 0.6) is 0 Å². The van der Waals surface area contributed by atoms with E-state index in [0.29, 0.717) is 12.8 Å².